The minimum Gasteiger partial charge on any atom is -0.456 e. The fraction of sp³-hybridized carbons (Fsp3) is 0.314. The molecule has 0 saturated carbocycles. The highest BCUT2D eigenvalue weighted by Gasteiger charge is 2.48. The van der Waals surface area contributed by atoms with Gasteiger partial charge in [0.25, 0.3) is 0 Å². The lowest BCUT2D eigenvalue weighted by atomic mass is 9.88. The molecule has 0 N–H and O–H groups in total. The summed E-state index contributed by atoms with van der Waals surface area (Å²) in [7, 11) is 2.27. The van der Waals surface area contributed by atoms with E-state index < -0.39 is 143 Å². The Morgan fingerprint density at radius 1 is 0.402 bits per heavy atom. The van der Waals surface area contributed by atoms with Crippen molar-refractivity contribution in [2.75, 3.05) is 27.4 Å². The van der Waals surface area contributed by atoms with E-state index in [1.807, 2.05) is 13.8 Å². The maximum atomic E-state index is 18.0. The zero-order chi connectivity index (χ0) is 62.8. The van der Waals surface area contributed by atoms with Crippen LogP contribution in [0.4, 0.5) is 61.5 Å². The van der Waals surface area contributed by atoms with Crippen LogP contribution in [-0.2, 0) is 59.8 Å². The summed E-state index contributed by atoms with van der Waals surface area (Å²) < 4.78 is 241. The topological polar surface area (TPSA) is 27.7 Å². The first-order valence-electron chi connectivity index (χ1n) is 28.5. The predicted molar refractivity (Wildman–Crippen MR) is 309 cm³/mol. The lowest BCUT2D eigenvalue weighted by Crippen LogP contribution is -2.28. The molecular formula is C70H64F14O3. The van der Waals surface area contributed by atoms with Gasteiger partial charge in [-0.1, -0.05) is 160 Å². The number of halogens is 14. The standard InChI is InChI=1S/C70H64F14O3/c1-5-11-43-21-29-55(59(71)39-43)47-23-17-45(18-24-47)37-49-13-7-9-15-57(49)67(75,76)63-61(31-27-51(65(63)73)41-53(33-35-85-3)69(79,80)81)87-62-32-28-52(42-54(34-36-86-4)70(82,83)84)66(74)64(62)68(77,78)58-16-10-8-14-50(58)38-46-19-25-48(26-20-46)56-30-22-44(12-6-2)40-60(56)72/h7-10,13-32,39-40,53-54H,5-6,11-12,33-38,41-42H2,1-4H3. The van der Waals surface area contributed by atoms with Gasteiger partial charge in [-0.3, -0.25) is 0 Å². The molecule has 0 aliphatic carbocycles. The van der Waals surface area contributed by atoms with Gasteiger partial charge in [-0.25, -0.2) is 17.6 Å². The van der Waals surface area contributed by atoms with Crippen molar-refractivity contribution >= 4 is 0 Å². The molecule has 0 radical (unpaired) electrons. The molecule has 0 saturated heterocycles. The minimum atomic E-state index is -5.00. The van der Waals surface area contributed by atoms with Crippen LogP contribution in [0.3, 0.4) is 0 Å². The molecule has 87 heavy (non-hydrogen) atoms. The SMILES string of the molecule is CCCc1ccc(-c2ccc(Cc3ccccc3C(F)(F)c3c(Oc4ccc(CC(CCOC)C(F)(F)F)c(F)c4C(F)(F)c4ccccc4Cc4ccc(-c5ccc(CCC)cc5F)cc4)ccc(CC(CCOC)C(F)(F)F)c3F)cc2)c(F)c1. The van der Waals surface area contributed by atoms with Crippen LogP contribution in [0.25, 0.3) is 22.3 Å². The van der Waals surface area contributed by atoms with Gasteiger partial charge >= 0.3 is 24.2 Å². The average molecular weight is 1220 g/mol. The van der Waals surface area contributed by atoms with Crippen LogP contribution >= 0.6 is 0 Å². The molecular weight excluding hydrogens is 1150 g/mol. The first kappa shape index (κ1) is 65.5. The zero-order valence-corrected chi connectivity index (χ0v) is 48.2. The van der Waals surface area contributed by atoms with Gasteiger partial charge in [-0.15, -0.1) is 0 Å². The Kier molecular flexibility index (Phi) is 21.2. The molecule has 8 aromatic carbocycles. The van der Waals surface area contributed by atoms with E-state index in [1.54, 1.807) is 72.8 Å². The van der Waals surface area contributed by atoms with Crippen LogP contribution in [-0.4, -0.2) is 39.8 Å². The van der Waals surface area contributed by atoms with E-state index in [2.05, 4.69) is 0 Å². The molecule has 0 aromatic heterocycles. The van der Waals surface area contributed by atoms with E-state index in [9.17, 15) is 26.3 Å². The van der Waals surface area contributed by atoms with Gasteiger partial charge in [0, 0.05) is 49.7 Å². The van der Waals surface area contributed by atoms with Gasteiger partial charge in [0.15, 0.2) is 0 Å². The van der Waals surface area contributed by atoms with Crippen molar-refractivity contribution in [2.24, 2.45) is 11.8 Å². The highest BCUT2D eigenvalue weighted by molar-refractivity contribution is 5.66. The van der Waals surface area contributed by atoms with E-state index in [0.29, 0.717) is 59.4 Å². The second kappa shape index (κ2) is 28.1. The number of hydrogen-bond donors (Lipinski definition) is 0. The molecule has 0 amide bonds. The number of aryl methyl sites for hydroxylation is 2. The molecule has 3 nitrogen and oxygen atoms in total. The van der Waals surface area contributed by atoms with E-state index in [4.69, 9.17) is 14.2 Å². The smallest absolute Gasteiger partial charge is 0.392 e. The number of hydrogen-bond acceptors (Lipinski definition) is 3. The molecule has 0 bridgehead atoms. The van der Waals surface area contributed by atoms with Crippen LogP contribution in [0, 0.1) is 35.1 Å². The third-order valence-corrected chi connectivity index (χ3v) is 15.6. The van der Waals surface area contributed by atoms with Crippen molar-refractivity contribution in [3.05, 3.63) is 248 Å². The lowest BCUT2D eigenvalue weighted by Gasteiger charge is -2.28. The maximum absolute atomic E-state index is 18.0. The van der Waals surface area contributed by atoms with Gasteiger partial charge in [0.1, 0.15) is 45.9 Å². The van der Waals surface area contributed by atoms with Gasteiger partial charge in [0.2, 0.25) is 0 Å². The Bertz CT molecular complexity index is 3380. The monoisotopic (exact) mass is 1220 g/mol. The van der Waals surface area contributed by atoms with Gasteiger partial charge in [-0.2, -0.15) is 43.9 Å². The molecule has 0 aliphatic heterocycles. The summed E-state index contributed by atoms with van der Waals surface area (Å²) in [5.74, 6) is -21.1. The Balaban J connectivity index is 1.25. The molecule has 0 aliphatic rings. The summed E-state index contributed by atoms with van der Waals surface area (Å²) in [5, 5.41) is 0. The molecule has 17 heteroatoms. The molecule has 2 unspecified atom stereocenters. The summed E-state index contributed by atoms with van der Waals surface area (Å²) in [6, 6.07) is 34.7. The van der Waals surface area contributed by atoms with Crippen molar-refractivity contribution in [1.29, 1.82) is 0 Å². The number of rotatable bonds is 26. The highest BCUT2D eigenvalue weighted by atomic mass is 19.4. The third kappa shape index (κ3) is 15.4. The van der Waals surface area contributed by atoms with Crippen LogP contribution in [0.15, 0.2) is 158 Å². The van der Waals surface area contributed by atoms with Gasteiger partial charge in [0.05, 0.1) is 11.8 Å². The second-order valence-corrected chi connectivity index (χ2v) is 21.7. The van der Waals surface area contributed by atoms with E-state index in [0.717, 1.165) is 50.3 Å². The molecule has 0 heterocycles. The van der Waals surface area contributed by atoms with Gasteiger partial charge in [-0.05, 0) is 131 Å². The Morgan fingerprint density at radius 2 is 0.759 bits per heavy atom. The molecule has 0 fully saturated rings. The van der Waals surface area contributed by atoms with Crippen LogP contribution in [0.2, 0.25) is 0 Å². The van der Waals surface area contributed by atoms with Crippen molar-refractivity contribution in [2.45, 2.75) is 102 Å². The van der Waals surface area contributed by atoms with E-state index in [-0.39, 0.29) is 35.1 Å². The Morgan fingerprint density at radius 3 is 1.09 bits per heavy atom. The average Bonchev–Trinajstić information content (AvgIpc) is 3.59. The normalized spacial score (nSPS) is 13.0. The molecule has 8 aromatic rings. The number of methoxy groups -OCH3 is 2. The molecule has 2 atom stereocenters. The lowest BCUT2D eigenvalue weighted by molar-refractivity contribution is -0.179. The van der Waals surface area contributed by atoms with Crippen molar-refractivity contribution in [1.82, 2.24) is 0 Å². The van der Waals surface area contributed by atoms with E-state index >= 15 is 35.1 Å². The number of ether oxygens (including phenoxy) is 3. The number of alkyl halides is 10. The van der Waals surface area contributed by atoms with Crippen molar-refractivity contribution in [3.8, 4) is 33.8 Å². The highest BCUT2D eigenvalue weighted by Crippen LogP contribution is 2.51. The zero-order valence-electron chi connectivity index (χ0n) is 48.2. The predicted octanol–water partition coefficient (Wildman–Crippen LogP) is 20.3. The number of benzene rings is 8. The van der Waals surface area contributed by atoms with Crippen molar-refractivity contribution < 1.29 is 75.7 Å². The van der Waals surface area contributed by atoms with E-state index in [1.165, 1.54) is 48.5 Å². The molecule has 460 valence electrons. The van der Waals surface area contributed by atoms with Crippen LogP contribution in [0.1, 0.15) is 106 Å². The first-order chi connectivity index (χ1) is 41.4. The minimum absolute atomic E-state index is 0.135. The largest absolute Gasteiger partial charge is 0.456 e. The fourth-order valence-corrected chi connectivity index (χ4v) is 11.0. The molecule has 0 spiro atoms. The van der Waals surface area contributed by atoms with Crippen LogP contribution in [0.5, 0.6) is 11.5 Å². The summed E-state index contributed by atoms with van der Waals surface area (Å²) in [4.78, 5) is 0. The third-order valence-electron chi connectivity index (χ3n) is 15.6. The van der Waals surface area contributed by atoms with Gasteiger partial charge < -0.3 is 14.2 Å². The summed E-state index contributed by atoms with van der Waals surface area (Å²) in [6.45, 7) is 3.01. The maximum Gasteiger partial charge on any atom is 0.392 e. The fourth-order valence-electron chi connectivity index (χ4n) is 11.0. The summed E-state index contributed by atoms with van der Waals surface area (Å²) >= 11 is 0. The first-order valence-corrected chi connectivity index (χ1v) is 28.5. The quantitative estimate of drug-likeness (QED) is 0.0506. The van der Waals surface area contributed by atoms with Crippen molar-refractivity contribution in [3.63, 3.8) is 0 Å². The summed E-state index contributed by atoms with van der Waals surface area (Å²) in [6.07, 6.45) is -11.4. The Labute approximate surface area is 497 Å². The Hall–Kier alpha value is -7.50. The second-order valence-electron chi connectivity index (χ2n) is 21.7. The van der Waals surface area contributed by atoms with Crippen LogP contribution < -0.4 is 4.74 Å². The summed E-state index contributed by atoms with van der Waals surface area (Å²) in [5.41, 5.74) is -3.30. The molecule has 8 rings (SSSR count).